The van der Waals surface area contributed by atoms with Crippen molar-refractivity contribution in [3.63, 3.8) is 0 Å². The number of aromatic nitrogens is 1. The van der Waals surface area contributed by atoms with E-state index in [0.717, 1.165) is 12.2 Å². The molecule has 1 aliphatic heterocycles. The first-order valence-electron chi connectivity index (χ1n) is 9.83. The number of ether oxygens (including phenoxy) is 1. The van der Waals surface area contributed by atoms with Gasteiger partial charge in [-0.2, -0.15) is 0 Å². The van der Waals surface area contributed by atoms with Gasteiger partial charge >= 0.3 is 0 Å². The average Bonchev–Trinajstić information content (AvgIpc) is 2.74. The molecule has 0 aliphatic carbocycles. The van der Waals surface area contributed by atoms with Gasteiger partial charge in [0.15, 0.2) is 5.78 Å². The van der Waals surface area contributed by atoms with E-state index in [-0.39, 0.29) is 16.9 Å². The number of carbonyl (C=O) groups is 2. The maximum atomic E-state index is 12.7. The van der Waals surface area contributed by atoms with E-state index in [1.165, 1.54) is 24.2 Å². The van der Waals surface area contributed by atoms with Crippen LogP contribution in [0.5, 0.6) is 5.88 Å². The molecule has 1 unspecified atom stereocenters. The van der Waals surface area contributed by atoms with Gasteiger partial charge in [-0.05, 0) is 45.2 Å². The lowest BCUT2D eigenvalue weighted by molar-refractivity contribution is -0.115. The van der Waals surface area contributed by atoms with Crippen LogP contribution in [0.25, 0.3) is 0 Å². The number of rotatable bonds is 6. The van der Waals surface area contributed by atoms with Gasteiger partial charge in [0.2, 0.25) is 11.0 Å². The maximum Gasteiger partial charge on any atom is 0.238 e. The van der Waals surface area contributed by atoms with Crippen molar-refractivity contribution in [1.29, 1.82) is 0 Å². The highest BCUT2D eigenvalue weighted by molar-refractivity contribution is 8.13. The van der Waals surface area contributed by atoms with Gasteiger partial charge in [0, 0.05) is 30.9 Å². The number of hydrogen-bond acceptors (Lipinski definition) is 8. The number of benzene rings is 1. The summed E-state index contributed by atoms with van der Waals surface area (Å²) in [4.78, 5) is 31.3. The molecule has 2 aromatic rings. The topological polar surface area (TPSA) is 74.8 Å². The minimum atomic E-state index is -0.359. The summed E-state index contributed by atoms with van der Waals surface area (Å²) in [5.74, 6) is 0.334. The first-order chi connectivity index (χ1) is 14.3. The van der Waals surface area contributed by atoms with Gasteiger partial charge in [0.1, 0.15) is 11.7 Å². The lowest BCUT2D eigenvalue weighted by Gasteiger charge is -2.41. The third kappa shape index (κ3) is 4.76. The molecule has 0 bridgehead atoms. The van der Waals surface area contributed by atoms with Gasteiger partial charge in [-0.15, -0.1) is 0 Å². The normalized spacial score (nSPS) is 17.0. The van der Waals surface area contributed by atoms with Crippen molar-refractivity contribution in [2.75, 3.05) is 43.3 Å². The molecule has 30 heavy (non-hydrogen) atoms. The Morgan fingerprint density at radius 3 is 2.50 bits per heavy atom. The van der Waals surface area contributed by atoms with Crippen LogP contribution >= 0.6 is 11.8 Å². The van der Waals surface area contributed by atoms with E-state index in [2.05, 4.69) is 46.5 Å². The Hall–Kier alpha value is -2.58. The van der Waals surface area contributed by atoms with E-state index in [4.69, 9.17) is 4.74 Å². The molecule has 8 heteroatoms. The van der Waals surface area contributed by atoms with Crippen LogP contribution in [-0.4, -0.2) is 59.9 Å². The number of pyridine rings is 1. The van der Waals surface area contributed by atoms with Gasteiger partial charge in [-0.25, -0.2) is 9.99 Å². The highest BCUT2D eigenvalue weighted by Gasteiger charge is 2.33. The Balaban J connectivity index is 1.86. The van der Waals surface area contributed by atoms with Gasteiger partial charge < -0.3 is 15.1 Å². The van der Waals surface area contributed by atoms with Gasteiger partial charge in [-0.3, -0.25) is 9.59 Å². The predicted molar refractivity (Wildman–Crippen MR) is 122 cm³/mol. The Morgan fingerprint density at radius 1 is 1.20 bits per heavy atom. The fraction of sp³-hybridized carbons (Fsp3) is 0.409. The van der Waals surface area contributed by atoms with Crippen molar-refractivity contribution in [3.8, 4) is 5.88 Å². The monoisotopic (exact) mass is 428 g/mol. The third-order valence-corrected chi connectivity index (χ3v) is 5.94. The number of carbonyl (C=O) groups excluding carboxylic acids is 2. The van der Waals surface area contributed by atoms with Gasteiger partial charge in [-0.1, -0.05) is 29.5 Å². The van der Waals surface area contributed by atoms with Crippen molar-refractivity contribution < 1.29 is 14.3 Å². The van der Waals surface area contributed by atoms with Crippen molar-refractivity contribution >= 4 is 34.0 Å². The lowest BCUT2D eigenvalue weighted by Crippen LogP contribution is -2.58. The van der Waals surface area contributed by atoms with E-state index >= 15 is 0 Å². The summed E-state index contributed by atoms with van der Waals surface area (Å²) >= 11 is 1.22. The molecule has 2 heterocycles. The quantitative estimate of drug-likeness (QED) is 0.703. The first-order valence-corrected chi connectivity index (χ1v) is 11.1. The SMILES string of the molecule is COc1nc(C)c(C(C)=O)cc1NN1CCN(c2ccc(C)cc2)CC1C(=O)SC. The highest BCUT2D eigenvalue weighted by Crippen LogP contribution is 2.28. The summed E-state index contributed by atoms with van der Waals surface area (Å²) in [5, 5.41) is 1.99. The number of thioether (sulfide) groups is 1. The van der Waals surface area contributed by atoms with Crippen LogP contribution in [0.15, 0.2) is 30.3 Å². The summed E-state index contributed by atoms with van der Waals surface area (Å²) in [6.07, 6.45) is 1.80. The molecule has 0 radical (unpaired) electrons. The Bertz CT molecular complexity index is 933. The molecule has 1 aromatic carbocycles. The van der Waals surface area contributed by atoms with Crippen LogP contribution in [0.4, 0.5) is 11.4 Å². The Labute approximate surface area is 181 Å². The lowest BCUT2D eigenvalue weighted by atomic mass is 10.1. The molecule has 0 amide bonds. The molecular weight excluding hydrogens is 400 g/mol. The Kier molecular flexibility index (Phi) is 6.99. The molecule has 1 aromatic heterocycles. The average molecular weight is 429 g/mol. The first kappa shape index (κ1) is 22.1. The number of aryl methyl sites for hydroxylation is 2. The summed E-state index contributed by atoms with van der Waals surface area (Å²) < 4.78 is 5.41. The molecule has 0 saturated carbocycles. The smallest absolute Gasteiger partial charge is 0.238 e. The molecule has 1 fully saturated rings. The number of methoxy groups -OCH3 is 1. The van der Waals surface area contributed by atoms with Crippen LogP contribution in [0.3, 0.4) is 0 Å². The molecule has 1 atom stereocenters. The zero-order valence-electron chi connectivity index (χ0n) is 18.1. The van der Waals surface area contributed by atoms with E-state index in [1.54, 1.807) is 26.4 Å². The van der Waals surface area contributed by atoms with Crippen LogP contribution in [0.2, 0.25) is 0 Å². The van der Waals surface area contributed by atoms with Crippen LogP contribution in [0.1, 0.15) is 28.5 Å². The molecule has 160 valence electrons. The number of hydrogen-bond donors (Lipinski definition) is 1. The predicted octanol–water partition coefficient (Wildman–Crippen LogP) is 3.32. The van der Waals surface area contributed by atoms with Crippen LogP contribution in [0, 0.1) is 13.8 Å². The van der Waals surface area contributed by atoms with Gasteiger partial charge in [0.05, 0.1) is 12.8 Å². The van der Waals surface area contributed by atoms with E-state index in [9.17, 15) is 9.59 Å². The summed E-state index contributed by atoms with van der Waals surface area (Å²) in [7, 11) is 1.54. The van der Waals surface area contributed by atoms with E-state index in [1.807, 2.05) is 5.01 Å². The number of anilines is 2. The zero-order valence-corrected chi connectivity index (χ0v) is 18.9. The van der Waals surface area contributed by atoms with Crippen molar-refractivity contribution in [2.45, 2.75) is 26.8 Å². The molecular formula is C22H28N4O3S. The number of Topliss-reactive ketones (excluding diaryl/α,β-unsaturated/α-hetero) is 1. The number of ketones is 1. The second kappa shape index (κ2) is 9.49. The molecule has 1 saturated heterocycles. The summed E-state index contributed by atoms with van der Waals surface area (Å²) in [5.41, 5.74) is 7.34. The van der Waals surface area contributed by atoms with Gasteiger partial charge in [0.25, 0.3) is 0 Å². The van der Waals surface area contributed by atoms with Crippen LogP contribution in [-0.2, 0) is 4.79 Å². The minimum absolute atomic E-state index is 0.0633. The Morgan fingerprint density at radius 2 is 1.90 bits per heavy atom. The largest absolute Gasteiger partial charge is 0.479 e. The highest BCUT2D eigenvalue weighted by atomic mass is 32.2. The van der Waals surface area contributed by atoms with E-state index in [0.29, 0.717) is 35.9 Å². The third-order valence-electron chi connectivity index (χ3n) is 5.27. The van der Waals surface area contributed by atoms with Crippen molar-refractivity contribution in [1.82, 2.24) is 9.99 Å². The fourth-order valence-corrected chi connectivity index (χ4v) is 4.05. The van der Waals surface area contributed by atoms with Crippen molar-refractivity contribution in [3.05, 3.63) is 47.2 Å². The second-order valence-electron chi connectivity index (χ2n) is 7.36. The number of hydrazine groups is 1. The number of nitrogens with zero attached hydrogens (tertiary/aromatic N) is 3. The molecule has 0 spiro atoms. The van der Waals surface area contributed by atoms with Crippen molar-refractivity contribution in [2.24, 2.45) is 0 Å². The number of nitrogens with one attached hydrogen (secondary N) is 1. The summed E-state index contributed by atoms with van der Waals surface area (Å²) in [6, 6.07) is 9.73. The fourth-order valence-electron chi connectivity index (χ4n) is 3.57. The number of piperazine rings is 1. The molecule has 1 N–H and O–H groups in total. The van der Waals surface area contributed by atoms with E-state index < -0.39 is 0 Å². The second-order valence-corrected chi connectivity index (χ2v) is 8.17. The maximum absolute atomic E-state index is 12.7. The minimum Gasteiger partial charge on any atom is -0.479 e. The molecule has 7 nitrogen and oxygen atoms in total. The summed E-state index contributed by atoms with van der Waals surface area (Å²) in [6.45, 7) is 7.30. The van der Waals surface area contributed by atoms with Crippen LogP contribution < -0.4 is 15.1 Å². The molecule has 1 aliphatic rings. The zero-order chi connectivity index (χ0) is 21.8. The molecule has 3 rings (SSSR count). The standard InChI is InChI=1S/C22H28N4O3S/c1-14-6-8-17(9-7-14)25-10-11-26(20(13-25)22(28)30-5)24-19-12-18(16(3)27)15(2)23-21(19)29-4/h6-9,12,20,24H,10-11,13H2,1-5H3.